The summed E-state index contributed by atoms with van der Waals surface area (Å²) in [5, 5.41) is 6.25. The summed E-state index contributed by atoms with van der Waals surface area (Å²) in [6.45, 7) is 5.33. The Labute approximate surface area is 137 Å². The second-order valence-corrected chi connectivity index (χ2v) is 5.55. The topological polar surface area (TPSA) is 50.4 Å². The van der Waals surface area contributed by atoms with E-state index < -0.39 is 0 Å². The molecule has 0 bridgehead atoms. The monoisotopic (exact) mass is 312 g/mol. The Morgan fingerprint density at radius 1 is 1.09 bits per heavy atom. The average molecular weight is 312 g/mol. The van der Waals surface area contributed by atoms with Crippen LogP contribution < -0.4 is 15.4 Å². The number of benzene rings is 2. The van der Waals surface area contributed by atoms with Crippen LogP contribution in [-0.2, 0) is 11.3 Å². The second-order valence-electron chi connectivity index (χ2n) is 5.55. The molecule has 0 unspecified atom stereocenters. The molecular weight excluding hydrogens is 288 g/mol. The van der Waals surface area contributed by atoms with Crippen molar-refractivity contribution < 1.29 is 9.53 Å². The van der Waals surface area contributed by atoms with Gasteiger partial charge >= 0.3 is 0 Å². The SMILES string of the molecule is COc1ccc(CNC(=O)CCNc2cccc(C)c2C)cc1. The molecule has 1 amide bonds. The van der Waals surface area contributed by atoms with Crippen LogP contribution in [0.1, 0.15) is 23.1 Å². The fourth-order valence-electron chi connectivity index (χ4n) is 2.29. The molecule has 0 aliphatic heterocycles. The van der Waals surface area contributed by atoms with E-state index in [-0.39, 0.29) is 5.91 Å². The molecule has 2 N–H and O–H groups in total. The van der Waals surface area contributed by atoms with Crippen molar-refractivity contribution in [3.63, 3.8) is 0 Å². The third-order valence-electron chi connectivity index (χ3n) is 3.92. The van der Waals surface area contributed by atoms with Crippen LogP contribution in [0.5, 0.6) is 5.75 Å². The van der Waals surface area contributed by atoms with Crippen LogP contribution in [0.3, 0.4) is 0 Å². The van der Waals surface area contributed by atoms with Gasteiger partial charge in [0.1, 0.15) is 5.75 Å². The number of hydrogen-bond donors (Lipinski definition) is 2. The zero-order chi connectivity index (χ0) is 16.7. The number of rotatable bonds is 7. The van der Waals surface area contributed by atoms with E-state index in [1.54, 1.807) is 7.11 Å². The Bertz CT molecular complexity index is 651. The number of carbonyl (C=O) groups excluding carboxylic acids is 1. The first-order chi connectivity index (χ1) is 11.1. The highest BCUT2D eigenvalue weighted by atomic mass is 16.5. The Morgan fingerprint density at radius 3 is 2.52 bits per heavy atom. The van der Waals surface area contributed by atoms with Gasteiger partial charge < -0.3 is 15.4 Å². The summed E-state index contributed by atoms with van der Waals surface area (Å²) in [5.41, 5.74) is 4.62. The summed E-state index contributed by atoms with van der Waals surface area (Å²) in [6.07, 6.45) is 0.448. The molecule has 0 saturated heterocycles. The number of methoxy groups -OCH3 is 1. The first-order valence-corrected chi connectivity index (χ1v) is 7.80. The molecule has 0 heterocycles. The molecule has 122 valence electrons. The highest BCUT2D eigenvalue weighted by Crippen LogP contribution is 2.17. The van der Waals surface area contributed by atoms with Crippen molar-refractivity contribution in [1.82, 2.24) is 5.32 Å². The summed E-state index contributed by atoms with van der Waals surface area (Å²) in [6, 6.07) is 13.8. The Kier molecular flexibility index (Phi) is 6.03. The molecule has 0 spiro atoms. The third-order valence-corrected chi connectivity index (χ3v) is 3.92. The Hall–Kier alpha value is -2.49. The Morgan fingerprint density at radius 2 is 1.83 bits per heavy atom. The van der Waals surface area contributed by atoms with Gasteiger partial charge in [0.05, 0.1) is 7.11 Å². The number of hydrogen-bond acceptors (Lipinski definition) is 3. The van der Waals surface area contributed by atoms with Gasteiger partial charge in [-0.3, -0.25) is 4.79 Å². The van der Waals surface area contributed by atoms with E-state index in [2.05, 4.69) is 30.5 Å². The molecule has 0 aromatic heterocycles. The summed E-state index contributed by atoms with van der Waals surface area (Å²) in [5.74, 6) is 0.858. The molecule has 0 aliphatic carbocycles. The van der Waals surface area contributed by atoms with E-state index in [4.69, 9.17) is 4.74 Å². The van der Waals surface area contributed by atoms with E-state index in [9.17, 15) is 4.79 Å². The normalized spacial score (nSPS) is 10.2. The summed E-state index contributed by atoms with van der Waals surface area (Å²) >= 11 is 0. The van der Waals surface area contributed by atoms with Gasteiger partial charge in [-0.2, -0.15) is 0 Å². The second kappa shape index (κ2) is 8.22. The molecule has 0 saturated carbocycles. The smallest absolute Gasteiger partial charge is 0.222 e. The predicted molar refractivity (Wildman–Crippen MR) is 93.9 cm³/mol. The van der Waals surface area contributed by atoms with Crippen molar-refractivity contribution in [2.24, 2.45) is 0 Å². The van der Waals surface area contributed by atoms with Crippen molar-refractivity contribution in [2.45, 2.75) is 26.8 Å². The van der Waals surface area contributed by atoms with Gasteiger partial charge in [-0.05, 0) is 48.7 Å². The molecule has 0 radical (unpaired) electrons. The average Bonchev–Trinajstić information content (AvgIpc) is 2.57. The molecule has 0 fully saturated rings. The quantitative estimate of drug-likeness (QED) is 0.823. The summed E-state index contributed by atoms with van der Waals surface area (Å²) in [4.78, 5) is 11.9. The minimum Gasteiger partial charge on any atom is -0.497 e. The predicted octanol–water partition coefficient (Wildman–Crippen LogP) is 3.43. The van der Waals surface area contributed by atoms with Gasteiger partial charge in [-0.25, -0.2) is 0 Å². The van der Waals surface area contributed by atoms with Crippen LogP contribution in [0.4, 0.5) is 5.69 Å². The van der Waals surface area contributed by atoms with Crippen molar-refractivity contribution in [3.05, 3.63) is 59.2 Å². The molecule has 2 rings (SSSR count). The number of nitrogens with one attached hydrogen (secondary N) is 2. The van der Waals surface area contributed by atoms with E-state index in [0.29, 0.717) is 19.5 Å². The van der Waals surface area contributed by atoms with Crippen LogP contribution in [-0.4, -0.2) is 19.6 Å². The van der Waals surface area contributed by atoms with E-state index in [0.717, 1.165) is 17.0 Å². The fraction of sp³-hybridized carbons (Fsp3) is 0.316. The van der Waals surface area contributed by atoms with Crippen molar-refractivity contribution >= 4 is 11.6 Å². The fourth-order valence-corrected chi connectivity index (χ4v) is 2.29. The zero-order valence-corrected chi connectivity index (χ0v) is 14.0. The minimum atomic E-state index is 0.0404. The maximum atomic E-state index is 11.9. The minimum absolute atomic E-state index is 0.0404. The number of carbonyl (C=O) groups is 1. The lowest BCUT2D eigenvalue weighted by Crippen LogP contribution is -2.24. The molecule has 2 aromatic rings. The Balaban J connectivity index is 1.73. The van der Waals surface area contributed by atoms with Crippen LogP contribution in [0, 0.1) is 13.8 Å². The molecule has 2 aromatic carbocycles. The lowest BCUT2D eigenvalue weighted by Gasteiger charge is -2.11. The lowest BCUT2D eigenvalue weighted by molar-refractivity contribution is -0.121. The molecule has 4 nitrogen and oxygen atoms in total. The van der Waals surface area contributed by atoms with E-state index >= 15 is 0 Å². The molecular formula is C19H24N2O2. The number of ether oxygens (including phenoxy) is 1. The standard InChI is InChI=1S/C19H24N2O2/c1-14-5-4-6-18(15(14)2)20-12-11-19(22)21-13-16-7-9-17(23-3)10-8-16/h4-10,20H,11-13H2,1-3H3,(H,21,22). The highest BCUT2D eigenvalue weighted by molar-refractivity contribution is 5.76. The van der Waals surface area contributed by atoms with Gasteiger partial charge in [0, 0.05) is 25.2 Å². The highest BCUT2D eigenvalue weighted by Gasteiger charge is 2.03. The third kappa shape index (κ3) is 5.02. The molecule has 0 aliphatic rings. The van der Waals surface area contributed by atoms with Gasteiger partial charge in [-0.15, -0.1) is 0 Å². The molecule has 0 atom stereocenters. The number of amides is 1. The number of aryl methyl sites for hydroxylation is 1. The van der Waals surface area contributed by atoms with Crippen molar-refractivity contribution in [1.29, 1.82) is 0 Å². The number of anilines is 1. The van der Waals surface area contributed by atoms with Crippen molar-refractivity contribution in [3.8, 4) is 5.75 Å². The van der Waals surface area contributed by atoms with E-state index in [1.807, 2.05) is 36.4 Å². The van der Waals surface area contributed by atoms with Crippen LogP contribution >= 0.6 is 0 Å². The van der Waals surface area contributed by atoms with Crippen LogP contribution in [0.2, 0.25) is 0 Å². The maximum Gasteiger partial charge on any atom is 0.222 e. The first-order valence-electron chi connectivity index (χ1n) is 7.80. The largest absolute Gasteiger partial charge is 0.497 e. The zero-order valence-electron chi connectivity index (χ0n) is 14.0. The van der Waals surface area contributed by atoms with Gasteiger partial charge in [0.15, 0.2) is 0 Å². The van der Waals surface area contributed by atoms with Gasteiger partial charge in [0.25, 0.3) is 0 Å². The lowest BCUT2D eigenvalue weighted by atomic mass is 10.1. The molecule has 23 heavy (non-hydrogen) atoms. The van der Waals surface area contributed by atoms with Crippen LogP contribution in [0.15, 0.2) is 42.5 Å². The first kappa shape index (κ1) is 16.9. The van der Waals surface area contributed by atoms with Crippen LogP contribution in [0.25, 0.3) is 0 Å². The summed E-state index contributed by atoms with van der Waals surface area (Å²) < 4.78 is 5.11. The van der Waals surface area contributed by atoms with E-state index in [1.165, 1.54) is 11.1 Å². The van der Waals surface area contributed by atoms with Crippen molar-refractivity contribution in [2.75, 3.05) is 19.0 Å². The summed E-state index contributed by atoms with van der Waals surface area (Å²) in [7, 11) is 1.64. The maximum absolute atomic E-state index is 11.9. The molecule has 4 heteroatoms. The van der Waals surface area contributed by atoms with Gasteiger partial charge in [0.2, 0.25) is 5.91 Å². The van der Waals surface area contributed by atoms with Gasteiger partial charge in [-0.1, -0.05) is 24.3 Å².